The largest absolute Gasteiger partial charge is 0.351 e. The minimum Gasteiger partial charge on any atom is -0.351 e. The molecular weight excluding hydrogens is 202 g/mol. The van der Waals surface area contributed by atoms with E-state index in [0.29, 0.717) is 0 Å². The molecule has 4 heteroatoms. The van der Waals surface area contributed by atoms with E-state index in [2.05, 4.69) is 16.7 Å². The van der Waals surface area contributed by atoms with Crippen molar-refractivity contribution in [2.75, 3.05) is 6.54 Å². The lowest BCUT2D eigenvalue weighted by atomic mass is 10.1. The molecule has 0 saturated heterocycles. The van der Waals surface area contributed by atoms with Crippen molar-refractivity contribution in [2.45, 2.75) is 51.6 Å². The van der Waals surface area contributed by atoms with Gasteiger partial charge in [-0.3, -0.25) is 4.79 Å². The number of rotatable bonds is 5. The second kappa shape index (κ2) is 5.31. The summed E-state index contributed by atoms with van der Waals surface area (Å²) >= 11 is 0. The van der Waals surface area contributed by atoms with Gasteiger partial charge in [-0.05, 0) is 46.1 Å². The fraction of sp³-hybridized carbons (Fsp3) is 0.833. The molecule has 1 rings (SSSR count). The predicted molar refractivity (Wildman–Crippen MR) is 62.6 cm³/mol. The summed E-state index contributed by atoms with van der Waals surface area (Å²) in [4.78, 5) is 11.6. The minimum atomic E-state index is -0.358. The summed E-state index contributed by atoms with van der Waals surface area (Å²) in [6.07, 6.45) is 2.74. The lowest BCUT2D eigenvalue weighted by molar-refractivity contribution is -0.122. The van der Waals surface area contributed by atoms with Crippen molar-refractivity contribution in [3.05, 3.63) is 0 Å². The van der Waals surface area contributed by atoms with E-state index in [1.54, 1.807) is 0 Å². The van der Waals surface area contributed by atoms with E-state index < -0.39 is 0 Å². The van der Waals surface area contributed by atoms with Crippen LogP contribution in [0.15, 0.2) is 0 Å². The maximum absolute atomic E-state index is 11.6. The Morgan fingerprint density at radius 1 is 1.50 bits per heavy atom. The summed E-state index contributed by atoms with van der Waals surface area (Å²) in [7, 11) is 0. The number of hydrogen-bond acceptors (Lipinski definition) is 3. The number of hydrogen-bond donors (Lipinski definition) is 2. The third-order valence-corrected chi connectivity index (χ3v) is 2.41. The van der Waals surface area contributed by atoms with Crippen LogP contribution in [-0.2, 0) is 4.79 Å². The Labute approximate surface area is 97.4 Å². The molecule has 0 aromatic carbocycles. The van der Waals surface area contributed by atoms with Crippen LogP contribution in [0.25, 0.3) is 0 Å². The average Bonchev–Trinajstić information content (AvgIpc) is 2.92. The third-order valence-electron chi connectivity index (χ3n) is 2.41. The topological polar surface area (TPSA) is 64.9 Å². The number of amides is 1. The summed E-state index contributed by atoms with van der Waals surface area (Å²) in [6.45, 7) is 6.67. The van der Waals surface area contributed by atoms with Gasteiger partial charge in [0.15, 0.2) is 0 Å². The molecule has 0 radical (unpaired) electrons. The Balaban J connectivity index is 2.25. The Bertz CT molecular complexity index is 284. The fourth-order valence-corrected chi connectivity index (χ4v) is 1.45. The zero-order valence-electron chi connectivity index (χ0n) is 10.3. The van der Waals surface area contributed by atoms with Crippen LogP contribution in [0.4, 0.5) is 0 Å². The number of nitriles is 1. The van der Waals surface area contributed by atoms with E-state index in [0.717, 1.165) is 12.5 Å². The van der Waals surface area contributed by atoms with Crippen molar-refractivity contribution in [3.8, 4) is 6.07 Å². The minimum absolute atomic E-state index is 0.0673. The van der Waals surface area contributed by atoms with E-state index in [1.165, 1.54) is 12.8 Å². The lowest BCUT2D eigenvalue weighted by Crippen LogP contribution is -2.43. The number of carbonyl (C=O) groups is 1. The monoisotopic (exact) mass is 223 g/mol. The molecule has 1 aliphatic carbocycles. The van der Waals surface area contributed by atoms with Crippen molar-refractivity contribution in [3.63, 3.8) is 0 Å². The first-order chi connectivity index (χ1) is 7.40. The van der Waals surface area contributed by atoms with Crippen LogP contribution < -0.4 is 10.6 Å². The van der Waals surface area contributed by atoms with E-state index in [4.69, 9.17) is 5.26 Å². The van der Waals surface area contributed by atoms with Crippen LogP contribution >= 0.6 is 0 Å². The van der Waals surface area contributed by atoms with Gasteiger partial charge in [0.2, 0.25) is 5.91 Å². The second-order valence-corrected chi connectivity index (χ2v) is 5.54. The molecule has 4 nitrogen and oxygen atoms in total. The fourth-order valence-electron chi connectivity index (χ4n) is 1.45. The molecular formula is C12H21N3O. The summed E-state index contributed by atoms with van der Waals surface area (Å²) in [5.74, 6) is 0.656. The Kier molecular flexibility index (Phi) is 4.31. The highest BCUT2D eigenvalue weighted by atomic mass is 16.1. The molecule has 16 heavy (non-hydrogen) atoms. The summed E-state index contributed by atoms with van der Waals surface area (Å²) in [6, 6.07) is 1.77. The average molecular weight is 223 g/mol. The van der Waals surface area contributed by atoms with Gasteiger partial charge in [0.1, 0.15) is 6.04 Å². The number of nitrogens with zero attached hydrogens (tertiary/aromatic N) is 1. The van der Waals surface area contributed by atoms with Crippen LogP contribution in [0, 0.1) is 17.2 Å². The Morgan fingerprint density at radius 2 is 2.12 bits per heavy atom. The highest BCUT2D eigenvalue weighted by Crippen LogP contribution is 2.27. The standard InChI is InChI=1S/C12H21N3O/c1-12(2,3)15-11(16)6-10(7-13)14-8-9-4-5-9/h9-10,14H,4-6,8H2,1-3H3,(H,15,16). The molecule has 1 aliphatic rings. The smallest absolute Gasteiger partial charge is 0.223 e. The molecule has 1 saturated carbocycles. The maximum Gasteiger partial charge on any atom is 0.223 e. The van der Waals surface area contributed by atoms with Gasteiger partial charge in [-0.25, -0.2) is 0 Å². The van der Waals surface area contributed by atoms with Gasteiger partial charge >= 0.3 is 0 Å². The molecule has 2 N–H and O–H groups in total. The first kappa shape index (κ1) is 13.0. The lowest BCUT2D eigenvalue weighted by Gasteiger charge is -2.21. The van der Waals surface area contributed by atoms with E-state index in [1.807, 2.05) is 20.8 Å². The second-order valence-electron chi connectivity index (χ2n) is 5.54. The number of carbonyl (C=O) groups excluding carboxylic acids is 1. The molecule has 1 fully saturated rings. The Hall–Kier alpha value is -1.08. The van der Waals surface area contributed by atoms with E-state index in [-0.39, 0.29) is 23.9 Å². The van der Waals surface area contributed by atoms with Gasteiger partial charge in [-0.2, -0.15) is 5.26 Å². The van der Waals surface area contributed by atoms with Crippen LogP contribution in [0.1, 0.15) is 40.0 Å². The normalized spacial score (nSPS) is 17.6. The van der Waals surface area contributed by atoms with Crippen LogP contribution in [0.3, 0.4) is 0 Å². The van der Waals surface area contributed by atoms with E-state index in [9.17, 15) is 4.79 Å². The molecule has 1 unspecified atom stereocenters. The van der Waals surface area contributed by atoms with Crippen molar-refractivity contribution < 1.29 is 4.79 Å². The van der Waals surface area contributed by atoms with Gasteiger partial charge in [0, 0.05) is 5.54 Å². The first-order valence-corrected chi connectivity index (χ1v) is 5.85. The van der Waals surface area contributed by atoms with Gasteiger partial charge in [0.25, 0.3) is 0 Å². The summed E-state index contributed by atoms with van der Waals surface area (Å²) in [5.41, 5.74) is -0.229. The molecule has 0 bridgehead atoms. The van der Waals surface area contributed by atoms with Crippen molar-refractivity contribution in [1.82, 2.24) is 10.6 Å². The summed E-state index contributed by atoms with van der Waals surface area (Å²) in [5, 5.41) is 14.9. The zero-order valence-corrected chi connectivity index (χ0v) is 10.3. The van der Waals surface area contributed by atoms with Crippen LogP contribution in [0.2, 0.25) is 0 Å². The highest BCUT2D eigenvalue weighted by molar-refractivity contribution is 5.77. The molecule has 1 atom stereocenters. The van der Waals surface area contributed by atoms with Crippen LogP contribution in [-0.4, -0.2) is 24.0 Å². The molecule has 0 aromatic heterocycles. The SMILES string of the molecule is CC(C)(C)NC(=O)CC(C#N)NCC1CC1. The molecule has 0 spiro atoms. The zero-order chi connectivity index (χ0) is 12.2. The maximum atomic E-state index is 11.6. The van der Waals surface area contributed by atoms with Gasteiger partial charge in [-0.15, -0.1) is 0 Å². The summed E-state index contributed by atoms with van der Waals surface area (Å²) < 4.78 is 0. The molecule has 0 aliphatic heterocycles. The Morgan fingerprint density at radius 3 is 2.56 bits per heavy atom. The predicted octanol–water partition coefficient (Wildman–Crippen LogP) is 1.18. The highest BCUT2D eigenvalue weighted by Gasteiger charge is 2.23. The quantitative estimate of drug-likeness (QED) is 0.735. The van der Waals surface area contributed by atoms with Gasteiger partial charge < -0.3 is 10.6 Å². The van der Waals surface area contributed by atoms with Crippen molar-refractivity contribution in [1.29, 1.82) is 5.26 Å². The molecule has 0 heterocycles. The molecule has 0 aromatic rings. The van der Waals surface area contributed by atoms with Gasteiger partial charge in [-0.1, -0.05) is 0 Å². The van der Waals surface area contributed by atoms with Crippen molar-refractivity contribution in [2.24, 2.45) is 5.92 Å². The number of nitrogens with one attached hydrogen (secondary N) is 2. The van der Waals surface area contributed by atoms with Crippen molar-refractivity contribution >= 4 is 5.91 Å². The van der Waals surface area contributed by atoms with E-state index >= 15 is 0 Å². The third kappa shape index (κ3) is 5.72. The molecule has 90 valence electrons. The molecule has 1 amide bonds. The van der Waals surface area contributed by atoms with Crippen LogP contribution in [0.5, 0.6) is 0 Å². The first-order valence-electron chi connectivity index (χ1n) is 5.85. The van der Waals surface area contributed by atoms with Gasteiger partial charge in [0.05, 0.1) is 12.5 Å².